The van der Waals surface area contributed by atoms with Crippen LogP contribution in [0.4, 0.5) is 17.2 Å². The highest BCUT2D eigenvalue weighted by atomic mass is 16.4. The van der Waals surface area contributed by atoms with Gasteiger partial charge in [0, 0.05) is 18.9 Å². The van der Waals surface area contributed by atoms with Gasteiger partial charge in [0.15, 0.2) is 5.82 Å². The van der Waals surface area contributed by atoms with E-state index in [9.17, 15) is 4.79 Å². The van der Waals surface area contributed by atoms with Gasteiger partial charge in [-0.1, -0.05) is 17.7 Å². The number of rotatable bonds is 3. The van der Waals surface area contributed by atoms with E-state index in [0.717, 1.165) is 11.3 Å². The Labute approximate surface area is 117 Å². The molecule has 0 aliphatic rings. The number of carbonyl (C=O) groups is 1. The molecule has 104 valence electrons. The van der Waals surface area contributed by atoms with Crippen LogP contribution >= 0.6 is 0 Å². The molecule has 20 heavy (non-hydrogen) atoms. The van der Waals surface area contributed by atoms with Crippen LogP contribution in [-0.4, -0.2) is 23.1 Å². The molecule has 0 fully saturated rings. The minimum atomic E-state index is -1.04. The molecule has 5 nitrogen and oxygen atoms in total. The quantitative estimate of drug-likeness (QED) is 0.897. The van der Waals surface area contributed by atoms with E-state index in [2.05, 4.69) is 11.1 Å². The third-order valence-corrected chi connectivity index (χ3v) is 3.17. The first kappa shape index (κ1) is 13.9. The maximum Gasteiger partial charge on any atom is 0.337 e. The van der Waals surface area contributed by atoms with Crippen LogP contribution in [0.25, 0.3) is 0 Å². The summed E-state index contributed by atoms with van der Waals surface area (Å²) in [4.78, 5) is 16.9. The van der Waals surface area contributed by atoms with E-state index in [1.807, 2.05) is 37.9 Å². The molecule has 2 rings (SSSR count). The molecule has 3 N–H and O–H groups in total. The molecular formula is C15H17N3O2. The molecular weight excluding hydrogens is 254 g/mol. The summed E-state index contributed by atoms with van der Waals surface area (Å²) in [6.45, 7) is 4.05. The third kappa shape index (κ3) is 2.56. The summed E-state index contributed by atoms with van der Waals surface area (Å²) < 4.78 is 0. The molecule has 0 unspecified atom stereocenters. The number of hydrogen-bond acceptors (Lipinski definition) is 4. The molecule has 1 aromatic carbocycles. The summed E-state index contributed by atoms with van der Waals surface area (Å²) in [6, 6.07) is 7.51. The van der Waals surface area contributed by atoms with E-state index >= 15 is 0 Å². The fourth-order valence-electron chi connectivity index (χ4n) is 2.17. The topological polar surface area (TPSA) is 79.5 Å². The zero-order chi connectivity index (χ0) is 14.9. The molecule has 5 heteroatoms. The molecule has 0 aliphatic carbocycles. The summed E-state index contributed by atoms with van der Waals surface area (Å²) in [5.41, 5.74) is 9.61. The number of nitrogens with two attached hydrogens (primary N) is 1. The van der Waals surface area contributed by atoms with Gasteiger partial charge in [0.25, 0.3) is 0 Å². The summed E-state index contributed by atoms with van der Waals surface area (Å²) in [5, 5.41) is 8.92. The third-order valence-electron chi connectivity index (χ3n) is 3.17. The van der Waals surface area contributed by atoms with Crippen molar-refractivity contribution in [3.63, 3.8) is 0 Å². The predicted molar refractivity (Wildman–Crippen MR) is 79.6 cm³/mol. The van der Waals surface area contributed by atoms with Crippen LogP contribution in [0.3, 0.4) is 0 Å². The Morgan fingerprint density at radius 3 is 2.55 bits per heavy atom. The van der Waals surface area contributed by atoms with Crippen LogP contribution in [0.1, 0.15) is 21.5 Å². The van der Waals surface area contributed by atoms with Crippen molar-refractivity contribution in [2.24, 2.45) is 0 Å². The average Bonchev–Trinajstić information content (AvgIpc) is 2.37. The van der Waals surface area contributed by atoms with Gasteiger partial charge in [0.05, 0.1) is 11.3 Å². The van der Waals surface area contributed by atoms with Gasteiger partial charge in [0.1, 0.15) is 0 Å². The van der Waals surface area contributed by atoms with Gasteiger partial charge in [-0.15, -0.1) is 0 Å². The van der Waals surface area contributed by atoms with Crippen LogP contribution in [-0.2, 0) is 0 Å². The molecule has 2 aromatic rings. The number of pyridine rings is 1. The Morgan fingerprint density at radius 1 is 1.30 bits per heavy atom. The van der Waals surface area contributed by atoms with E-state index in [-0.39, 0.29) is 5.56 Å². The first-order chi connectivity index (χ1) is 9.40. The number of carboxylic acid groups (broad SMARTS) is 1. The highest BCUT2D eigenvalue weighted by molar-refractivity contribution is 5.89. The van der Waals surface area contributed by atoms with E-state index in [1.165, 1.54) is 17.8 Å². The molecule has 0 radical (unpaired) electrons. The zero-order valence-corrected chi connectivity index (χ0v) is 11.7. The molecule has 0 bridgehead atoms. The first-order valence-electron chi connectivity index (χ1n) is 6.20. The first-order valence-corrected chi connectivity index (χ1v) is 6.20. The number of aryl methyl sites for hydroxylation is 2. The maximum atomic E-state index is 10.9. The molecule has 1 heterocycles. The minimum absolute atomic E-state index is 0.0836. The zero-order valence-electron chi connectivity index (χ0n) is 11.7. The molecule has 1 aromatic heterocycles. The summed E-state index contributed by atoms with van der Waals surface area (Å²) in [7, 11) is 1.86. The smallest absolute Gasteiger partial charge is 0.337 e. The second-order valence-electron chi connectivity index (χ2n) is 4.79. The van der Waals surface area contributed by atoms with E-state index in [4.69, 9.17) is 10.8 Å². The lowest BCUT2D eigenvalue weighted by atomic mass is 10.1. The second-order valence-corrected chi connectivity index (χ2v) is 4.79. The number of nitrogens with zero attached hydrogens (tertiary/aromatic N) is 2. The molecule has 0 saturated heterocycles. The van der Waals surface area contributed by atoms with Crippen molar-refractivity contribution in [3.05, 3.63) is 47.2 Å². The van der Waals surface area contributed by atoms with Gasteiger partial charge in [-0.3, -0.25) is 0 Å². The summed E-state index contributed by atoms with van der Waals surface area (Å²) >= 11 is 0. The van der Waals surface area contributed by atoms with Crippen LogP contribution in [0, 0.1) is 13.8 Å². The Balaban J connectivity index is 2.43. The van der Waals surface area contributed by atoms with Crippen molar-refractivity contribution in [1.29, 1.82) is 0 Å². The maximum absolute atomic E-state index is 10.9. The van der Waals surface area contributed by atoms with Crippen molar-refractivity contribution in [1.82, 2.24) is 4.98 Å². The molecule has 0 aliphatic heterocycles. The number of anilines is 3. The lowest BCUT2D eigenvalue weighted by Crippen LogP contribution is -2.15. The fraction of sp³-hybridized carbons (Fsp3) is 0.200. The summed E-state index contributed by atoms with van der Waals surface area (Å²) in [6.07, 6.45) is 1.31. The van der Waals surface area contributed by atoms with Crippen molar-refractivity contribution in [2.45, 2.75) is 13.8 Å². The van der Waals surface area contributed by atoms with Gasteiger partial charge in [-0.25, -0.2) is 9.78 Å². The van der Waals surface area contributed by atoms with Crippen molar-refractivity contribution in [2.75, 3.05) is 17.7 Å². The van der Waals surface area contributed by atoms with Gasteiger partial charge in [-0.2, -0.15) is 0 Å². The number of aromatic nitrogens is 1. The van der Waals surface area contributed by atoms with Crippen LogP contribution < -0.4 is 10.6 Å². The normalized spacial score (nSPS) is 10.3. The standard InChI is InChI=1S/C15H17N3O2/c1-9-4-5-13(10(2)6-9)18(3)14-12(16)7-11(8-17-14)15(19)20/h4-8H,16H2,1-3H3,(H,19,20). The van der Waals surface area contributed by atoms with Gasteiger partial charge in [-0.05, 0) is 31.5 Å². The van der Waals surface area contributed by atoms with Crippen LogP contribution in [0.2, 0.25) is 0 Å². The lowest BCUT2D eigenvalue weighted by molar-refractivity contribution is 0.0696. The fourth-order valence-corrected chi connectivity index (χ4v) is 2.17. The number of aromatic carboxylic acids is 1. The SMILES string of the molecule is Cc1ccc(N(C)c2ncc(C(=O)O)cc2N)c(C)c1. The predicted octanol–water partition coefficient (Wildman–Crippen LogP) is 2.75. The van der Waals surface area contributed by atoms with E-state index in [1.54, 1.807) is 0 Å². The number of nitrogen functional groups attached to an aromatic ring is 1. The summed E-state index contributed by atoms with van der Waals surface area (Å²) in [5.74, 6) is -0.494. The number of hydrogen-bond donors (Lipinski definition) is 2. The van der Waals surface area contributed by atoms with Crippen molar-refractivity contribution >= 4 is 23.2 Å². The van der Waals surface area contributed by atoms with Crippen LogP contribution in [0.15, 0.2) is 30.5 Å². The molecule has 0 atom stereocenters. The van der Waals surface area contributed by atoms with Gasteiger partial charge < -0.3 is 15.7 Å². The van der Waals surface area contributed by atoms with E-state index in [0.29, 0.717) is 11.5 Å². The van der Waals surface area contributed by atoms with Crippen molar-refractivity contribution in [3.8, 4) is 0 Å². The highest BCUT2D eigenvalue weighted by Crippen LogP contribution is 2.30. The monoisotopic (exact) mass is 271 g/mol. The van der Waals surface area contributed by atoms with Gasteiger partial charge in [0.2, 0.25) is 0 Å². The Hall–Kier alpha value is -2.56. The number of carboxylic acids is 1. The van der Waals surface area contributed by atoms with Crippen LogP contribution in [0.5, 0.6) is 0 Å². The second kappa shape index (κ2) is 5.21. The van der Waals surface area contributed by atoms with Crippen molar-refractivity contribution < 1.29 is 9.90 Å². The average molecular weight is 271 g/mol. The van der Waals surface area contributed by atoms with E-state index < -0.39 is 5.97 Å². The highest BCUT2D eigenvalue weighted by Gasteiger charge is 2.13. The Bertz CT molecular complexity index is 668. The number of benzene rings is 1. The molecule has 0 amide bonds. The lowest BCUT2D eigenvalue weighted by Gasteiger charge is -2.22. The largest absolute Gasteiger partial charge is 0.478 e. The van der Waals surface area contributed by atoms with Gasteiger partial charge >= 0.3 is 5.97 Å². The molecule has 0 saturated carbocycles. The molecule has 0 spiro atoms. The Morgan fingerprint density at radius 2 is 2.00 bits per heavy atom. The minimum Gasteiger partial charge on any atom is -0.478 e. The Kier molecular flexibility index (Phi) is 3.61.